The lowest BCUT2D eigenvalue weighted by Gasteiger charge is -2.19. The molecule has 2 fully saturated rings. The summed E-state index contributed by atoms with van der Waals surface area (Å²) in [6.45, 7) is 3.87. The standard InChI is InChI=1S/C17H24BrNO/c1-2-9-20-16-8-7-15(18)10-14(16)11-19-17(12-3-4-12)13-5-6-13/h7-8,10,12-13,17,19H,2-6,9,11H2,1H3. The fraction of sp³-hybridized carbons (Fsp3) is 0.647. The van der Waals surface area contributed by atoms with Crippen molar-refractivity contribution in [2.24, 2.45) is 11.8 Å². The smallest absolute Gasteiger partial charge is 0.123 e. The Labute approximate surface area is 130 Å². The van der Waals surface area contributed by atoms with E-state index in [0.717, 1.165) is 47.7 Å². The van der Waals surface area contributed by atoms with E-state index in [0.29, 0.717) is 0 Å². The summed E-state index contributed by atoms with van der Waals surface area (Å²) in [5.74, 6) is 2.91. The van der Waals surface area contributed by atoms with Gasteiger partial charge in [0.25, 0.3) is 0 Å². The molecule has 1 aromatic carbocycles. The highest BCUT2D eigenvalue weighted by Crippen LogP contribution is 2.44. The molecule has 20 heavy (non-hydrogen) atoms. The highest BCUT2D eigenvalue weighted by molar-refractivity contribution is 9.10. The Morgan fingerprint density at radius 1 is 1.25 bits per heavy atom. The van der Waals surface area contributed by atoms with Gasteiger partial charge in [0.05, 0.1) is 6.61 Å². The zero-order chi connectivity index (χ0) is 13.9. The second-order valence-corrected chi connectivity index (χ2v) is 7.10. The maximum Gasteiger partial charge on any atom is 0.123 e. The molecule has 2 aliphatic rings. The molecular weight excluding hydrogens is 314 g/mol. The number of ether oxygens (including phenoxy) is 1. The molecule has 2 aliphatic carbocycles. The van der Waals surface area contributed by atoms with Crippen LogP contribution in [0.15, 0.2) is 22.7 Å². The Kier molecular flexibility index (Phi) is 4.67. The molecule has 0 amide bonds. The van der Waals surface area contributed by atoms with Crippen molar-refractivity contribution in [1.29, 1.82) is 0 Å². The van der Waals surface area contributed by atoms with Crippen LogP contribution >= 0.6 is 15.9 Å². The van der Waals surface area contributed by atoms with Crippen LogP contribution in [0.1, 0.15) is 44.6 Å². The van der Waals surface area contributed by atoms with Gasteiger partial charge in [-0.25, -0.2) is 0 Å². The average Bonchev–Trinajstić information content (AvgIpc) is 3.31. The van der Waals surface area contributed by atoms with Crippen molar-refractivity contribution >= 4 is 15.9 Å². The molecule has 0 radical (unpaired) electrons. The van der Waals surface area contributed by atoms with Crippen LogP contribution in [0.2, 0.25) is 0 Å². The van der Waals surface area contributed by atoms with E-state index in [1.54, 1.807) is 0 Å². The van der Waals surface area contributed by atoms with Crippen LogP contribution in [0.5, 0.6) is 5.75 Å². The molecule has 1 N–H and O–H groups in total. The first-order chi connectivity index (χ1) is 9.78. The Balaban J connectivity index is 1.63. The van der Waals surface area contributed by atoms with Gasteiger partial charge >= 0.3 is 0 Å². The number of hydrogen-bond acceptors (Lipinski definition) is 2. The summed E-state index contributed by atoms with van der Waals surface area (Å²) >= 11 is 3.57. The molecule has 3 heteroatoms. The number of hydrogen-bond donors (Lipinski definition) is 1. The van der Waals surface area contributed by atoms with Gasteiger partial charge in [-0.1, -0.05) is 22.9 Å². The van der Waals surface area contributed by atoms with Gasteiger partial charge in [0, 0.05) is 22.6 Å². The number of rotatable bonds is 8. The number of benzene rings is 1. The third-order valence-corrected chi connectivity index (χ3v) is 4.77. The lowest BCUT2D eigenvalue weighted by Crippen LogP contribution is -2.32. The van der Waals surface area contributed by atoms with Crippen molar-refractivity contribution in [1.82, 2.24) is 5.32 Å². The van der Waals surface area contributed by atoms with E-state index in [4.69, 9.17) is 4.74 Å². The van der Waals surface area contributed by atoms with Crippen LogP contribution in [-0.4, -0.2) is 12.6 Å². The van der Waals surface area contributed by atoms with Crippen LogP contribution in [-0.2, 0) is 6.54 Å². The topological polar surface area (TPSA) is 21.3 Å². The molecule has 0 unspecified atom stereocenters. The third kappa shape index (κ3) is 3.76. The first-order valence-corrected chi connectivity index (χ1v) is 8.72. The Morgan fingerprint density at radius 3 is 2.55 bits per heavy atom. The molecule has 0 spiro atoms. The zero-order valence-electron chi connectivity index (χ0n) is 12.2. The van der Waals surface area contributed by atoms with Crippen molar-refractivity contribution in [3.8, 4) is 5.75 Å². The van der Waals surface area contributed by atoms with E-state index in [1.165, 1.54) is 31.2 Å². The Morgan fingerprint density at radius 2 is 1.95 bits per heavy atom. The lowest BCUT2D eigenvalue weighted by molar-refractivity contribution is 0.311. The molecule has 110 valence electrons. The van der Waals surface area contributed by atoms with Crippen LogP contribution in [0.4, 0.5) is 0 Å². The largest absolute Gasteiger partial charge is 0.493 e. The van der Waals surface area contributed by atoms with Crippen molar-refractivity contribution in [2.75, 3.05) is 6.61 Å². The fourth-order valence-corrected chi connectivity index (χ4v) is 3.30. The fourth-order valence-electron chi connectivity index (χ4n) is 2.90. The van der Waals surface area contributed by atoms with Crippen molar-refractivity contribution in [3.63, 3.8) is 0 Å². The van der Waals surface area contributed by atoms with Gasteiger partial charge in [-0.05, 0) is 62.1 Å². The van der Waals surface area contributed by atoms with Gasteiger partial charge in [0.2, 0.25) is 0 Å². The second kappa shape index (κ2) is 6.48. The van der Waals surface area contributed by atoms with Gasteiger partial charge in [-0.3, -0.25) is 0 Å². The second-order valence-electron chi connectivity index (χ2n) is 6.18. The molecule has 2 saturated carbocycles. The average molecular weight is 338 g/mol. The van der Waals surface area contributed by atoms with Crippen LogP contribution < -0.4 is 10.1 Å². The Hall–Kier alpha value is -0.540. The minimum atomic E-state index is 0.744. The summed E-state index contributed by atoms with van der Waals surface area (Å²) in [6, 6.07) is 7.08. The van der Waals surface area contributed by atoms with Gasteiger partial charge in [-0.2, -0.15) is 0 Å². The molecule has 0 saturated heterocycles. The predicted molar refractivity (Wildman–Crippen MR) is 86.0 cm³/mol. The predicted octanol–water partition coefficient (Wildman–Crippen LogP) is 4.52. The van der Waals surface area contributed by atoms with Gasteiger partial charge in [-0.15, -0.1) is 0 Å². The molecule has 1 aromatic rings. The molecule has 0 aliphatic heterocycles. The summed E-state index contributed by atoms with van der Waals surface area (Å²) in [5.41, 5.74) is 1.28. The minimum absolute atomic E-state index is 0.744. The lowest BCUT2D eigenvalue weighted by atomic mass is 10.1. The molecule has 0 heterocycles. The summed E-state index contributed by atoms with van der Waals surface area (Å²) in [4.78, 5) is 0. The quantitative estimate of drug-likeness (QED) is 0.753. The molecule has 2 nitrogen and oxygen atoms in total. The maximum absolute atomic E-state index is 5.86. The first kappa shape index (κ1) is 14.4. The molecule has 0 bridgehead atoms. The van der Waals surface area contributed by atoms with E-state index < -0.39 is 0 Å². The summed E-state index contributed by atoms with van der Waals surface area (Å²) in [7, 11) is 0. The monoisotopic (exact) mass is 337 g/mol. The molecule has 3 rings (SSSR count). The number of nitrogens with one attached hydrogen (secondary N) is 1. The van der Waals surface area contributed by atoms with E-state index >= 15 is 0 Å². The summed E-state index contributed by atoms with van der Waals surface area (Å²) in [6.07, 6.45) is 6.74. The van der Waals surface area contributed by atoms with Gasteiger partial charge in [0.1, 0.15) is 5.75 Å². The zero-order valence-corrected chi connectivity index (χ0v) is 13.8. The van der Waals surface area contributed by atoms with E-state index in [2.05, 4.69) is 46.4 Å². The SMILES string of the molecule is CCCOc1ccc(Br)cc1CNC(C1CC1)C1CC1. The van der Waals surface area contributed by atoms with Crippen LogP contribution in [0.25, 0.3) is 0 Å². The van der Waals surface area contributed by atoms with Crippen molar-refractivity contribution in [2.45, 2.75) is 51.6 Å². The first-order valence-electron chi connectivity index (χ1n) is 7.92. The highest BCUT2D eigenvalue weighted by Gasteiger charge is 2.41. The maximum atomic E-state index is 5.86. The van der Waals surface area contributed by atoms with Crippen molar-refractivity contribution in [3.05, 3.63) is 28.2 Å². The van der Waals surface area contributed by atoms with Gasteiger partial charge in [0.15, 0.2) is 0 Å². The van der Waals surface area contributed by atoms with Gasteiger partial charge < -0.3 is 10.1 Å². The van der Waals surface area contributed by atoms with E-state index in [-0.39, 0.29) is 0 Å². The summed E-state index contributed by atoms with van der Waals surface area (Å²) < 4.78 is 7.00. The molecular formula is C17H24BrNO. The minimum Gasteiger partial charge on any atom is -0.493 e. The Bertz CT molecular complexity index is 442. The molecule has 0 aromatic heterocycles. The van der Waals surface area contributed by atoms with Crippen molar-refractivity contribution < 1.29 is 4.74 Å². The van der Waals surface area contributed by atoms with E-state index in [1.807, 2.05) is 0 Å². The third-order valence-electron chi connectivity index (χ3n) is 4.27. The van der Waals surface area contributed by atoms with E-state index in [9.17, 15) is 0 Å². The normalized spacial score (nSPS) is 18.6. The van der Waals surface area contributed by atoms with Crippen LogP contribution in [0, 0.1) is 11.8 Å². The van der Waals surface area contributed by atoms with Crippen LogP contribution in [0.3, 0.4) is 0 Å². The highest BCUT2D eigenvalue weighted by atomic mass is 79.9. The summed E-state index contributed by atoms with van der Waals surface area (Å²) in [5, 5.41) is 3.80. The molecule has 0 atom stereocenters. The number of halogens is 1.